The molecule has 1 unspecified atom stereocenters. The molecule has 3 heterocycles. The first-order valence-corrected chi connectivity index (χ1v) is 7.23. The van der Waals surface area contributed by atoms with Crippen molar-refractivity contribution in [1.29, 1.82) is 0 Å². The summed E-state index contributed by atoms with van der Waals surface area (Å²) < 4.78 is 7.69. The standard InChI is InChI=1S/C15H13N3OS/c1-9-4-3-5-10-8-11-13(17-12(9)10)20-15-16-6-7-18(15)14(11)19-2/h3-8,14H,1-2H3. The molecule has 1 atom stereocenters. The molecule has 1 aromatic carbocycles. The number of hydrogen-bond acceptors (Lipinski definition) is 4. The molecule has 0 spiro atoms. The Labute approximate surface area is 120 Å². The molecule has 4 rings (SSSR count). The van der Waals surface area contributed by atoms with Gasteiger partial charge in [-0.15, -0.1) is 0 Å². The van der Waals surface area contributed by atoms with E-state index in [9.17, 15) is 0 Å². The van der Waals surface area contributed by atoms with E-state index in [4.69, 9.17) is 9.72 Å². The van der Waals surface area contributed by atoms with Crippen LogP contribution in [0.25, 0.3) is 10.9 Å². The highest BCUT2D eigenvalue weighted by Gasteiger charge is 2.27. The topological polar surface area (TPSA) is 39.9 Å². The van der Waals surface area contributed by atoms with Crippen LogP contribution < -0.4 is 0 Å². The second-order valence-corrected chi connectivity index (χ2v) is 5.79. The lowest BCUT2D eigenvalue weighted by molar-refractivity contribution is 0.0671. The number of aryl methyl sites for hydroxylation is 1. The van der Waals surface area contributed by atoms with Gasteiger partial charge in [-0.3, -0.25) is 4.57 Å². The second kappa shape index (κ2) is 4.33. The van der Waals surface area contributed by atoms with Gasteiger partial charge in [0.25, 0.3) is 0 Å². The van der Waals surface area contributed by atoms with Crippen LogP contribution in [0.4, 0.5) is 0 Å². The summed E-state index contributed by atoms with van der Waals surface area (Å²) >= 11 is 1.59. The molecule has 0 radical (unpaired) electrons. The highest BCUT2D eigenvalue weighted by Crippen LogP contribution is 2.41. The fraction of sp³-hybridized carbons (Fsp3) is 0.200. The first kappa shape index (κ1) is 11.9. The predicted octanol–water partition coefficient (Wildman–Crippen LogP) is 3.40. The smallest absolute Gasteiger partial charge is 0.176 e. The lowest BCUT2D eigenvalue weighted by atomic mass is 10.1. The van der Waals surface area contributed by atoms with E-state index in [0.717, 1.165) is 26.6 Å². The summed E-state index contributed by atoms with van der Waals surface area (Å²) in [4.78, 5) is 9.18. The van der Waals surface area contributed by atoms with Crippen LogP contribution in [0.1, 0.15) is 17.4 Å². The van der Waals surface area contributed by atoms with Gasteiger partial charge in [-0.25, -0.2) is 9.97 Å². The first-order chi connectivity index (χ1) is 9.78. The Balaban J connectivity index is 2.00. The van der Waals surface area contributed by atoms with Gasteiger partial charge in [0.05, 0.1) is 5.52 Å². The Hall–Kier alpha value is -1.85. The van der Waals surface area contributed by atoms with Gasteiger partial charge in [0.2, 0.25) is 0 Å². The third-order valence-corrected chi connectivity index (χ3v) is 4.62. The number of imidazole rings is 1. The zero-order chi connectivity index (χ0) is 13.7. The third-order valence-electron chi connectivity index (χ3n) is 3.60. The molecule has 0 N–H and O–H groups in total. The largest absolute Gasteiger partial charge is 0.357 e. The van der Waals surface area contributed by atoms with Crippen LogP contribution in [0, 0.1) is 6.92 Å². The maximum Gasteiger partial charge on any atom is 0.176 e. The van der Waals surface area contributed by atoms with E-state index < -0.39 is 0 Å². The molecule has 5 heteroatoms. The van der Waals surface area contributed by atoms with Crippen molar-refractivity contribution in [3.8, 4) is 0 Å². The van der Waals surface area contributed by atoms with Crippen LogP contribution in [0.2, 0.25) is 0 Å². The molecule has 0 aliphatic carbocycles. The van der Waals surface area contributed by atoms with Gasteiger partial charge in [-0.05, 0) is 30.3 Å². The normalized spacial score (nSPS) is 17.0. The van der Waals surface area contributed by atoms with Crippen LogP contribution in [-0.4, -0.2) is 21.6 Å². The number of benzene rings is 1. The average molecular weight is 283 g/mol. The highest BCUT2D eigenvalue weighted by molar-refractivity contribution is 7.99. The molecule has 20 heavy (non-hydrogen) atoms. The molecule has 1 aliphatic heterocycles. The van der Waals surface area contributed by atoms with Gasteiger partial charge in [0.1, 0.15) is 5.03 Å². The summed E-state index contributed by atoms with van der Waals surface area (Å²) in [6, 6.07) is 8.42. The van der Waals surface area contributed by atoms with E-state index in [1.807, 2.05) is 10.8 Å². The molecule has 0 fully saturated rings. The quantitative estimate of drug-likeness (QED) is 0.686. The van der Waals surface area contributed by atoms with Crippen LogP contribution >= 0.6 is 11.8 Å². The van der Waals surface area contributed by atoms with E-state index in [2.05, 4.69) is 36.2 Å². The summed E-state index contributed by atoms with van der Waals surface area (Å²) in [5, 5.41) is 3.05. The van der Waals surface area contributed by atoms with Gasteiger partial charge in [0.15, 0.2) is 11.4 Å². The zero-order valence-corrected chi connectivity index (χ0v) is 12.0. The monoisotopic (exact) mass is 283 g/mol. The minimum atomic E-state index is -0.152. The van der Waals surface area contributed by atoms with Gasteiger partial charge in [-0.2, -0.15) is 0 Å². The van der Waals surface area contributed by atoms with Crippen molar-refractivity contribution in [1.82, 2.24) is 14.5 Å². The third kappa shape index (κ3) is 1.60. The van der Waals surface area contributed by atoms with Crippen molar-refractivity contribution >= 4 is 22.7 Å². The summed E-state index contributed by atoms with van der Waals surface area (Å²) in [7, 11) is 1.72. The number of aromatic nitrogens is 3. The van der Waals surface area contributed by atoms with E-state index in [1.54, 1.807) is 25.1 Å². The molecule has 1 aliphatic rings. The molecule has 3 aromatic rings. The average Bonchev–Trinajstić information content (AvgIpc) is 2.91. The molecule has 0 amide bonds. The molecule has 0 saturated carbocycles. The van der Waals surface area contributed by atoms with Crippen LogP contribution in [0.5, 0.6) is 0 Å². The first-order valence-electron chi connectivity index (χ1n) is 6.41. The highest BCUT2D eigenvalue weighted by atomic mass is 32.2. The van der Waals surface area contributed by atoms with Crippen molar-refractivity contribution in [3.05, 3.63) is 47.8 Å². The van der Waals surface area contributed by atoms with Gasteiger partial charge >= 0.3 is 0 Å². The molecule has 2 aromatic heterocycles. The molecule has 0 saturated heterocycles. The van der Waals surface area contributed by atoms with Crippen molar-refractivity contribution in [2.24, 2.45) is 0 Å². The fourth-order valence-corrected chi connectivity index (χ4v) is 3.60. The molecule has 0 bridgehead atoms. The fourth-order valence-electron chi connectivity index (χ4n) is 2.64. The summed E-state index contributed by atoms with van der Waals surface area (Å²) in [6.07, 6.45) is 3.59. The predicted molar refractivity (Wildman–Crippen MR) is 78.0 cm³/mol. The van der Waals surface area contributed by atoms with Gasteiger partial charge in [-0.1, -0.05) is 18.2 Å². The lowest BCUT2D eigenvalue weighted by Gasteiger charge is -2.26. The zero-order valence-electron chi connectivity index (χ0n) is 11.2. The van der Waals surface area contributed by atoms with Gasteiger partial charge in [0, 0.05) is 30.5 Å². The summed E-state index contributed by atoms with van der Waals surface area (Å²) in [5.41, 5.74) is 3.34. The number of rotatable bonds is 1. The minimum absolute atomic E-state index is 0.152. The summed E-state index contributed by atoms with van der Waals surface area (Å²) in [5.74, 6) is 0. The second-order valence-electron chi connectivity index (χ2n) is 4.84. The van der Waals surface area contributed by atoms with Crippen molar-refractivity contribution in [2.75, 3.05) is 7.11 Å². The van der Waals surface area contributed by atoms with Crippen LogP contribution in [-0.2, 0) is 4.74 Å². The van der Waals surface area contributed by atoms with Crippen molar-refractivity contribution in [2.45, 2.75) is 23.3 Å². The summed E-state index contributed by atoms with van der Waals surface area (Å²) in [6.45, 7) is 2.09. The van der Waals surface area contributed by atoms with E-state index in [-0.39, 0.29) is 6.23 Å². The lowest BCUT2D eigenvalue weighted by Crippen LogP contribution is -2.18. The Morgan fingerprint density at radius 1 is 1.35 bits per heavy atom. The Bertz CT molecular complexity index is 812. The number of ether oxygens (including phenoxy) is 1. The molecular formula is C15H13N3OS. The maximum absolute atomic E-state index is 5.65. The Morgan fingerprint density at radius 2 is 2.25 bits per heavy atom. The minimum Gasteiger partial charge on any atom is -0.357 e. The van der Waals surface area contributed by atoms with Crippen molar-refractivity contribution < 1.29 is 4.74 Å². The number of nitrogens with zero attached hydrogens (tertiary/aromatic N) is 3. The molecule has 100 valence electrons. The van der Waals surface area contributed by atoms with Crippen LogP contribution in [0.3, 0.4) is 0 Å². The Morgan fingerprint density at radius 3 is 3.10 bits per heavy atom. The Kier molecular flexibility index (Phi) is 2.58. The number of pyridine rings is 1. The number of fused-ring (bicyclic) bond motifs is 3. The number of hydrogen-bond donors (Lipinski definition) is 0. The molecule has 4 nitrogen and oxygen atoms in total. The van der Waals surface area contributed by atoms with E-state index >= 15 is 0 Å². The van der Waals surface area contributed by atoms with Crippen LogP contribution in [0.15, 0.2) is 46.8 Å². The number of para-hydroxylation sites is 1. The van der Waals surface area contributed by atoms with E-state index in [0.29, 0.717) is 0 Å². The van der Waals surface area contributed by atoms with E-state index in [1.165, 1.54) is 5.56 Å². The van der Waals surface area contributed by atoms with Gasteiger partial charge < -0.3 is 4.74 Å². The maximum atomic E-state index is 5.65. The molecular weight excluding hydrogens is 270 g/mol. The van der Waals surface area contributed by atoms with Crippen molar-refractivity contribution in [3.63, 3.8) is 0 Å². The number of methoxy groups -OCH3 is 1. The SMILES string of the molecule is COC1c2cc3cccc(C)c3nc2Sc2nccn21.